The lowest BCUT2D eigenvalue weighted by molar-refractivity contribution is 0.304. The molecule has 0 saturated carbocycles. The van der Waals surface area contributed by atoms with E-state index in [0.717, 1.165) is 12.1 Å². The predicted octanol–water partition coefficient (Wildman–Crippen LogP) is 1.88. The van der Waals surface area contributed by atoms with Crippen molar-refractivity contribution in [2.75, 3.05) is 0 Å². The van der Waals surface area contributed by atoms with E-state index >= 15 is 0 Å². The molecule has 0 heterocycles. The van der Waals surface area contributed by atoms with E-state index in [1.165, 1.54) is 24.3 Å². The van der Waals surface area contributed by atoms with Gasteiger partial charge in [0.2, 0.25) is 0 Å². The van der Waals surface area contributed by atoms with E-state index in [1.54, 1.807) is 0 Å². The van der Waals surface area contributed by atoms with Crippen molar-refractivity contribution in [3.63, 3.8) is 0 Å². The van der Waals surface area contributed by atoms with Gasteiger partial charge in [-0.1, -0.05) is 23.7 Å². The van der Waals surface area contributed by atoms with Crippen molar-refractivity contribution in [1.29, 1.82) is 0 Å². The molecule has 0 unspecified atom stereocenters. The third-order valence-electron chi connectivity index (χ3n) is 2.64. The number of halogens is 3. The van der Waals surface area contributed by atoms with Gasteiger partial charge >= 0.3 is 7.12 Å². The maximum Gasteiger partial charge on any atom is 0.491 e. The summed E-state index contributed by atoms with van der Waals surface area (Å²) in [5.74, 6) is -1.06. The quantitative estimate of drug-likeness (QED) is 0.847. The van der Waals surface area contributed by atoms with Gasteiger partial charge in [0.15, 0.2) is 0 Å². The van der Waals surface area contributed by atoms with Gasteiger partial charge in [-0.15, -0.1) is 0 Å². The standard InChI is InChI=1S/C13H10BClF2O3/c15-11-3-2-9(6-13(11)17)20-7-8-1-4-12(16)10(5-8)14(18)19/h1-6,18-19H,7H2. The number of rotatable bonds is 4. The van der Waals surface area contributed by atoms with Gasteiger partial charge in [-0.3, -0.25) is 0 Å². The highest BCUT2D eigenvalue weighted by molar-refractivity contribution is 6.58. The predicted molar refractivity (Wildman–Crippen MR) is 72.0 cm³/mol. The van der Waals surface area contributed by atoms with Crippen LogP contribution in [0.2, 0.25) is 5.02 Å². The van der Waals surface area contributed by atoms with Crippen molar-refractivity contribution in [3.05, 3.63) is 58.6 Å². The molecule has 0 bridgehead atoms. The molecule has 0 aliphatic heterocycles. The summed E-state index contributed by atoms with van der Waals surface area (Å²) in [7, 11) is -1.90. The van der Waals surface area contributed by atoms with Crippen LogP contribution < -0.4 is 10.2 Å². The zero-order chi connectivity index (χ0) is 14.7. The molecule has 2 N–H and O–H groups in total. The van der Waals surface area contributed by atoms with Crippen LogP contribution in [0.1, 0.15) is 5.56 Å². The molecule has 7 heteroatoms. The maximum absolute atomic E-state index is 13.3. The SMILES string of the molecule is OB(O)c1cc(COc2ccc(Cl)c(F)c2)ccc1F. The largest absolute Gasteiger partial charge is 0.491 e. The second-order valence-corrected chi connectivity index (χ2v) is 4.50. The maximum atomic E-state index is 13.3. The lowest BCUT2D eigenvalue weighted by atomic mass is 9.79. The number of benzene rings is 2. The number of hydrogen-bond acceptors (Lipinski definition) is 3. The molecule has 0 amide bonds. The topological polar surface area (TPSA) is 49.7 Å². The highest BCUT2D eigenvalue weighted by Gasteiger charge is 2.16. The third-order valence-corrected chi connectivity index (χ3v) is 2.94. The normalized spacial score (nSPS) is 10.4. The monoisotopic (exact) mass is 298 g/mol. The number of hydrogen-bond donors (Lipinski definition) is 2. The summed E-state index contributed by atoms with van der Waals surface area (Å²) < 4.78 is 31.8. The van der Waals surface area contributed by atoms with Gasteiger partial charge in [-0.2, -0.15) is 0 Å². The smallest absolute Gasteiger partial charge is 0.489 e. The third kappa shape index (κ3) is 3.48. The molecule has 0 fully saturated rings. The van der Waals surface area contributed by atoms with Crippen LogP contribution in [0.5, 0.6) is 5.75 Å². The first-order chi connectivity index (χ1) is 9.47. The fourth-order valence-electron chi connectivity index (χ4n) is 1.61. The Bertz CT molecular complexity index is 623. The van der Waals surface area contributed by atoms with E-state index in [-0.39, 0.29) is 22.8 Å². The molecule has 0 spiro atoms. The molecular formula is C13H10BClF2O3. The fourth-order valence-corrected chi connectivity index (χ4v) is 1.73. The van der Waals surface area contributed by atoms with Gasteiger partial charge in [-0.25, -0.2) is 8.78 Å². The van der Waals surface area contributed by atoms with Crippen molar-refractivity contribution < 1.29 is 23.6 Å². The molecule has 2 aromatic rings. The summed E-state index contributed by atoms with van der Waals surface area (Å²) in [5.41, 5.74) is 0.276. The molecule has 20 heavy (non-hydrogen) atoms. The average molecular weight is 298 g/mol. The van der Waals surface area contributed by atoms with Crippen LogP contribution >= 0.6 is 11.6 Å². The van der Waals surface area contributed by atoms with Crippen molar-refractivity contribution in [3.8, 4) is 5.75 Å². The Morgan fingerprint density at radius 1 is 1.05 bits per heavy atom. The second kappa shape index (κ2) is 6.22. The molecule has 104 valence electrons. The lowest BCUT2D eigenvalue weighted by Crippen LogP contribution is -2.33. The fraction of sp³-hybridized carbons (Fsp3) is 0.0769. The van der Waals surface area contributed by atoms with Crippen LogP contribution in [0.4, 0.5) is 8.78 Å². The summed E-state index contributed by atoms with van der Waals surface area (Å²) in [6.07, 6.45) is 0. The van der Waals surface area contributed by atoms with Gasteiger partial charge in [0.1, 0.15) is 24.0 Å². The molecule has 2 rings (SSSR count). The van der Waals surface area contributed by atoms with Crippen LogP contribution in [0.15, 0.2) is 36.4 Å². The molecule has 0 aliphatic carbocycles. The van der Waals surface area contributed by atoms with Crippen LogP contribution in [0.25, 0.3) is 0 Å². The highest BCUT2D eigenvalue weighted by Crippen LogP contribution is 2.21. The molecule has 0 aromatic heterocycles. The molecular weight excluding hydrogens is 288 g/mol. The van der Waals surface area contributed by atoms with E-state index in [2.05, 4.69) is 0 Å². The first-order valence-corrected chi connectivity index (χ1v) is 6.07. The van der Waals surface area contributed by atoms with Crippen molar-refractivity contribution in [2.45, 2.75) is 6.61 Å². The van der Waals surface area contributed by atoms with Crippen LogP contribution in [0, 0.1) is 11.6 Å². The zero-order valence-corrected chi connectivity index (χ0v) is 10.9. The van der Waals surface area contributed by atoms with Gasteiger partial charge in [0, 0.05) is 11.5 Å². The summed E-state index contributed by atoms with van der Waals surface area (Å²) in [5, 5.41) is 18.0. The summed E-state index contributed by atoms with van der Waals surface area (Å²) >= 11 is 5.54. The van der Waals surface area contributed by atoms with E-state index in [4.69, 9.17) is 26.4 Å². The Morgan fingerprint density at radius 3 is 2.45 bits per heavy atom. The Balaban J connectivity index is 2.10. The highest BCUT2D eigenvalue weighted by atomic mass is 35.5. The lowest BCUT2D eigenvalue weighted by Gasteiger charge is -2.09. The molecule has 0 saturated heterocycles. The average Bonchev–Trinajstić information content (AvgIpc) is 2.41. The van der Waals surface area contributed by atoms with Gasteiger partial charge in [-0.05, 0) is 23.8 Å². The Morgan fingerprint density at radius 2 is 1.80 bits per heavy atom. The number of ether oxygens (including phenoxy) is 1. The molecule has 0 aliphatic rings. The van der Waals surface area contributed by atoms with Crippen molar-refractivity contribution in [2.24, 2.45) is 0 Å². The Labute approximate surface area is 119 Å². The van der Waals surface area contributed by atoms with E-state index in [1.807, 2.05) is 0 Å². The second-order valence-electron chi connectivity index (χ2n) is 4.09. The van der Waals surface area contributed by atoms with E-state index in [0.29, 0.717) is 5.56 Å². The first-order valence-electron chi connectivity index (χ1n) is 5.69. The molecule has 3 nitrogen and oxygen atoms in total. The molecule has 2 aromatic carbocycles. The first kappa shape index (κ1) is 14.8. The van der Waals surface area contributed by atoms with Crippen LogP contribution in [-0.4, -0.2) is 17.2 Å². The van der Waals surface area contributed by atoms with E-state index in [9.17, 15) is 8.78 Å². The molecule has 0 atom stereocenters. The van der Waals surface area contributed by atoms with Crippen LogP contribution in [-0.2, 0) is 6.61 Å². The van der Waals surface area contributed by atoms with Gasteiger partial charge in [0.25, 0.3) is 0 Å². The summed E-state index contributed by atoms with van der Waals surface area (Å²) in [6, 6.07) is 7.81. The van der Waals surface area contributed by atoms with Gasteiger partial charge < -0.3 is 14.8 Å². The summed E-state index contributed by atoms with van der Waals surface area (Å²) in [6.45, 7) is 0.0288. The summed E-state index contributed by atoms with van der Waals surface area (Å²) in [4.78, 5) is 0. The Kier molecular flexibility index (Phi) is 4.59. The minimum Gasteiger partial charge on any atom is -0.489 e. The molecule has 0 radical (unpaired) electrons. The Hall–Kier alpha value is -1.63. The minimum absolute atomic E-state index is 0.00942. The van der Waals surface area contributed by atoms with Gasteiger partial charge in [0.05, 0.1) is 5.02 Å². The van der Waals surface area contributed by atoms with Crippen molar-refractivity contribution in [1.82, 2.24) is 0 Å². The zero-order valence-electron chi connectivity index (χ0n) is 10.2. The van der Waals surface area contributed by atoms with Crippen LogP contribution in [0.3, 0.4) is 0 Å². The minimum atomic E-state index is -1.90. The van der Waals surface area contributed by atoms with E-state index < -0.39 is 18.8 Å². The van der Waals surface area contributed by atoms with Crippen molar-refractivity contribution >= 4 is 24.2 Å².